The molecule has 134 valence electrons. The van der Waals surface area contributed by atoms with E-state index in [0.29, 0.717) is 44.1 Å². The van der Waals surface area contributed by atoms with Gasteiger partial charge in [0.2, 0.25) is 0 Å². The number of aromatic nitrogens is 1. The van der Waals surface area contributed by atoms with Crippen molar-refractivity contribution in [1.82, 2.24) is 9.47 Å². The first-order valence-electron chi connectivity index (χ1n) is 8.30. The predicted octanol–water partition coefficient (Wildman–Crippen LogP) is 2.66. The Morgan fingerprint density at radius 2 is 2.00 bits per heavy atom. The Balaban J connectivity index is 1.71. The second-order valence-corrected chi connectivity index (χ2v) is 6.12. The van der Waals surface area contributed by atoms with Gasteiger partial charge in [-0.15, -0.1) is 0 Å². The van der Waals surface area contributed by atoms with Crippen molar-refractivity contribution >= 4 is 22.7 Å². The van der Waals surface area contributed by atoms with E-state index in [1.807, 2.05) is 10.6 Å². The quantitative estimate of drug-likeness (QED) is 0.530. The molecule has 1 aromatic carbocycles. The molecule has 0 N–H and O–H groups in total. The van der Waals surface area contributed by atoms with Crippen molar-refractivity contribution in [2.75, 3.05) is 26.3 Å². The lowest BCUT2D eigenvalue weighted by Crippen LogP contribution is -2.41. The van der Waals surface area contributed by atoms with Crippen molar-refractivity contribution in [2.24, 2.45) is 0 Å². The van der Waals surface area contributed by atoms with E-state index in [1.54, 1.807) is 29.4 Å². The van der Waals surface area contributed by atoms with Gasteiger partial charge in [0.25, 0.3) is 11.6 Å². The number of nitrogens with zero attached hydrogens (tertiary/aromatic N) is 3. The van der Waals surface area contributed by atoms with E-state index in [0.717, 1.165) is 11.1 Å². The third-order valence-electron chi connectivity index (χ3n) is 4.50. The summed E-state index contributed by atoms with van der Waals surface area (Å²) in [6, 6.07) is 9.95. The minimum absolute atomic E-state index is 0.0270. The van der Waals surface area contributed by atoms with Crippen molar-refractivity contribution in [3.8, 4) is 0 Å². The lowest BCUT2D eigenvalue weighted by Gasteiger charge is -2.27. The summed E-state index contributed by atoms with van der Waals surface area (Å²) < 4.78 is 12.6. The van der Waals surface area contributed by atoms with Gasteiger partial charge in [-0.25, -0.2) is 0 Å². The molecule has 0 saturated carbocycles. The lowest BCUT2D eigenvalue weighted by molar-refractivity contribution is -0.384. The maximum Gasteiger partial charge on any atom is 0.270 e. The number of fused-ring (bicyclic) bond motifs is 1. The standard InChI is InChI=1S/C18H17N3O5/c22-18(19-5-8-25-9-6-19)16-11-17-15(4-7-26-17)20(16)12-13-2-1-3-14(10-13)21(23)24/h1-4,7,10-11H,5-6,8-9,12H2. The number of non-ortho nitro benzene ring substituents is 1. The number of benzene rings is 1. The highest BCUT2D eigenvalue weighted by Gasteiger charge is 2.24. The molecule has 0 aliphatic carbocycles. The van der Waals surface area contributed by atoms with Crippen LogP contribution in [-0.4, -0.2) is 46.6 Å². The van der Waals surface area contributed by atoms with Crippen LogP contribution in [0.5, 0.6) is 0 Å². The molecule has 1 amide bonds. The molecule has 4 rings (SSSR count). The van der Waals surface area contributed by atoms with E-state index >= 15 is 0 Å². The zero-order chi connectivity index (χ0) is 18.1. The average Bonchev–Trinajstić information content (AvgIpc) is 3.25. The van der Waals surface area contributed by atoms with Gasteiger partial charge in [0.1, 0.15) is 5.69 Å². The number of ether oxygens (including phenoxy) is 1. The molecule has 8 nitrogen and oxygen atoms in total. The van der Waals surface area contributed by atoms with Crippen LogP contribution in [0.4, 0.5) is 5.69 Å². The first kappa shape index (κ1) is 16.3. The third kappa shape index (κ3) is 2.95. The molecule has 3 heterocycles. The summed E-state index contributed by atoms with van der Waals surface area (Å²) in [5.74, 6) is -0.0925. The Hall–Kier alpha value is -3.13. The van der Waals surface area contributed by atoms with Crippen LogP contribution in [0.25, 0.3) is 11.1 Å². The zero-order valence-electron chi connectivity index (χ0n) is 14.0. The number of amides is 1. The molecule has 1 aliphatic heterocycles. The monoisotopic (exact) mass is 355 g/mol. The molecule has 26 heavy (non-hydrogen) atoms. The van der Waals surface area contributed by atoms with Gasteiger partial charge in [-0.3, -0.25) is 14.9 Å². The van der Waals surface area contributed by atoms with Gasteiger partial charge >= 0.3 is 0 Å². The van der Waals surface area contributed by atoms with Crippen LogP contribution in [0.1, 0.15) is 16.1 Å². The SMILES string of the molecule is O=C(c1cc2occc2n1Cc1cccc([N+](=O)[O-])c1)N1CCOCC1. The van der Waals surface area contributed by atoms with Crippen LogP contribution in [-0.2, 0) is 11.3 Å². The number of morpholine rings is 1. The molecule has 0 unspecified atom stereocenters. The smallest absolute Gasteiger partial charge is 0.270 e. The Kier molecular flexibility index (Phi) is 4.18. The van der Waals surface area contributed by atoms with Gasteiger partial charge in [-0.05, 0) is 5.56 Å². The highest BCUT2D eigenvalue weighted by Crippen LogP contribution is 2.25. The van der Waals surface area contributed by atoms with E-state index < -0.39 is 4.92 Å². The molecule has 0 spiro atoms. The fourth-order valence-electron chi connectivity index (χ4n) is 3.20. The Bertz CT molecular complexity index is 968. The van der Waals surface area contributed by atoms with Crippen LogP contribution in [0, 0.1) is 10.1 Å². The van der Waals surface area contributed by atoms with Crippen LogP contribution in [0.15, 0.2) is 47.1 Å². The summed E-state index contributed by atoms with van der Waals surface area (Å²) in [5.41, 5.74) is 2.68. The molecule has 8 heteroatoms. The van der Waals surface area contributed by atoms with E-state index in [2.05, 4.69) is 0 Å². The number of hydrogen-bond donors (Lipinski definition) is 0. The minimum atomic E-state index is -0.424. The highest BCUT2D eigenvalue weighted by molar-refractivity contribution is 5.97. The van der Waals surface area contributed by atoms with Crippen LogP contribution < -0.4 is 0 Å². The second kappa shape index (κ2) is 6.64. The van der Waals surface area contributed by atoms with Gasteiger partial charge in [-0.2, -0.15) is 0 Å². The number of carbonyl (C=O) groups excluding carboxylic acids is 1. The summed E-state index contributed by atoms with van der Waals surface area (Å²) in [7, 11) is 0. The van der Waals surface area contributed by atoms with Gasteiger partial charge in [-0.1, -0.05) is 12.1 Å². The summed E-state index contributed by atoms with van der Waals surface area (Å²) in [5, 5.41) is 11.0. The molecule has 1 fully saturated rings. The Labute approximate surface area is 148 Å². The second-order valence-electron chi connectivity index (χ2n) is 6.12. The predicted molar refractivity (Wildman–Crippen MR) is 93.1 cm³/mol. The number of nitro benzene ring substituents is 1. The van der Waals surface area contributed by atoms with Crippen LogP contribution in [0.2, 0.25) is 0 Å². The van der Waals surface area contributed by atoms with Crippen molar-refractivity contribution in [1.29, 1.82) is 0 Å². The largest absolute Gasteiger partial charge is 0.463 e. The van der Waals surface area contributed by atoms with E-state index in [1.165, 1.54) is 12.1 Å². The number of nitro groups is 1. The molecule has 0 radical (unpaired) electrons. The normalized spacial score (nSPS) is 14.7. The van der Waals surface area contributed by atoms with Crippen molar-refractivity contribution in [3.05, 3.63) is 64.0 Å². The number of rotatable bonds is 4. The van der Waals surface area contributed by atoms with E-state index in [9.17, 15) is 14.9 Å². The topological polar surface area (TPSA) is 90.8 Å². The van der Waals surface area contributed by atoms with Gasteiger partial charge < -0.3 is 18.6 Å². The number of carbonyl (C=O) groups is 1. The minimum Gasteiger partial charge on any atom is -0.463 e. The lowest BCUT2D eigenvalue weighted by atomic mass is 10.2. The average molecular weight is 355 g/mol. The highest BCUT2D eigenvalue weighted by atomic mass is 16.6. The molecular formula is C18H17N3O5. The first-order valence-corrected chi connectivity index (χ1v) is 8.30. The zero-order valence-corrected chi connectivity index (χ0v) is 14.0. The van der Waals surface area contributed by atoms with E-state index in [4.69, 9.17) is 9.15 Å². The number of furan rings is 1. The van der Waals surface area contributed by atoms with Gasteiger partial charge in [0.15, 0.2) is 5.58 Å². The fourth-order valence-corrected chi connectivity index (χ4v) is 3.20. The molecule has 1 aliphatic rings. The van der Waals surface area contributed by atoms with Gasteiger partial charge in [0, 0.05) is 43.9 Å². The Morgan fingerprint density at radius 1 is 1.19 bits per heavy atom. The van der Waals surface area contributed by atoms with Crippen LogP contribution in [0.3, 0.4) is 0 Å². The van der Waals surface area contributed by atoms with E-state index in [-0.39, 0.29) is 11.6 Å². The molecular weight excluding hydrogens is 338 g/mol. The molecule has 3 aromatic rings. The van der Waals surface area contributed by atoms with Crippen molar-refractivity contribution in [3.63, 3.8) is 0 Å². The molecule has 0 atom stereocenters. The molecule has 0 bridgehead atoms. The third-order valence-corrected chi connectivity index (χ3v) is 4.50. The maximum atomic E-state index is 13.0. The summed E-state index contributed by atoms with van der Waals surface area (Å²) in [4.78, 5) is 25.3. The summed E-state index contributed by atoms with van der Waals surface area (Å²) >= 11 is 0. The fraction of sp³-hybridized carbons (Fsp3) is 0.278. The number of hydrogen-bond acceptors (Lipinski definition) is 5. The summed E-state index contributed by atoms with van der Waals surface area (Å²) in [6.07, 6.45) is 1.57. The summed E-state index contributed by atoms with van der Waals surface area (Å²) in [6.45, 7) is 2.47. The van der Waals surface area contributed by atoms with Crippen molar-refractivity contribution in [2.45, 2.75) is 6.54 Å². The van der Waals surface area contributed by atoms with Gasteiger partial charge in [0.05, 0.1) is 29.9 Å². The Morgan fingerprint density at radius 3 is 2.77 bits per heavy atom. The first-order chi connectivity index (χ1) is 12.6. The van der Waals surface area contributed by atoms with Crippen molar-refractivity contribution < 1.29 is 18.9 Å². The molecule has 1 saturated heterocycles. The maximum absolute atomic E-state index is 13.0. The van der Waals surface area contributed by atoms with Crippen LogP contribution >= 0.6 is 0 Å². The molecule has 2 aromatic heterocycles.